The summed E-state index contributed by atoms with van der Waals surface area (Å²) >= 11 is 0. The van der Waals surface area contributed by atoms with E-state index in [1.165, 1.54) is 82.2 Å². The van der Waals surface area contributed by atoms with Crippen molar-refractivity contribution in [1.29, 1.82) is 0 Å². The van der Waals surface area contributed by atoms with Crippen molar-refractivity contribution in [3.63, 3.8) is 0 Å². The zero-order chi connectivity index (χ0) is 45.8. The Hall–Kier alpha value is -7.20. The molecule has 16 heteroatoms. The molecule has 7 rings (SSSR count). The average molecular weight is 874 g/mol. The number of methoxy groups -OCH3 is 2. The van der Waals surface area contributed by atoms with E-state index in [0.29, 0.717) is 35.0 Å². The van der Waals surface area contributed by atoms with Gasteiger partial charge >= 0.3 is 24.1 Å². The van der Waals surface area contributed by atoms with Crippen LogP contribution < -0.4 is 19.9 Å². The van der Waals surface area contributed by atoms with Gasteiger partial charge in [-0.25, -0.2) is 29.1 Å². The number of benzene rings is 3. The zero-order valence-electron chi connectivity index (χ0n) is 36.7. The maximum atomic E-state index is 13.2. The minimum atomic E-state index is -0.705. The zero-order valence-corrected chi connectivity index (χ0v) is 36.7. The monoisotopic (exact) mass is 873 g/mol. The number of pyridine rings is 2. The molecule has 3 amide bonds. The number of carbonyl (C=O) groups is 4. The summed E-state index contributed by atoms with van der Waals surface area (Å²) in [5, 5.41) is 14.1. The van der Waals surface area contributed by atoms with E-state index in [0.717, 1.165) is 42.8 Å². The predicted octanol–water partition coefficient (Wildman–Crippen LogP) is 8.84. The van der Waals surface area contributed by atoms with E-state index in [-0.39, 0.29) is 30.0 Å². The number of nitrogens with zero attached hydrogens (tertiary/aromatic N) is 6. The largest absolute Gasteiger partial charge is 0.465 e. The third-order valence-corrected chi connectivity index (χ3v) is 10.3. The number of aryl methyl sites for hydroxylation is 2. The lowest BCUT2D eigenvalue weighted by atomic mass is 10.1. The van der Waals surface area contributed by atoms with Crippen molar-refractivity contribution in [2.75, 3.05) is 50.2 Å². The van der Waals surface area contributed by atoms with Crippen LogP contribution in [0.2, 0.25) is 0 Å². The standard InChI is InChI=1S/C22H19N3O6.C21H25N3O3.C5H11N/c1-15-4-3-5-20(23-15)24(14-16-6-8-17(9-7-16)21(26)30-2)22(27)31-19-12-10-18(11-13-19)25(28)29;1-16-7-6-8-19(22-16)24(21(26)23-13-4-3-5-14-23)15-17-9-11-18(12-10-17)20(25)27-2;1-2-4-6-5-3-1/h3-13H,14H2,1-2H3;6-12H,3-5,13-15H2,1-2H3;6H,1-5H2. The Morgan fingerprint density at radius 3 is 1.53 bits per heavy atom. The quantitative estimate of drug-likeness (QED) is 0.0799. The van der Waals surface area contributed by atoms with Gasteiger partial charge in [-0.2, -0.15) is 0 Å². The molecule has 0 spiro atoms. The summed E-state index contributed by atoms with van der Waals surface area (Å²) in [6.07, 6.45) is 6.75. The van der Waals surface area contributed by atoms with Gasteiger partial charge in [-0.05, 0) is 131 Å². The fourth-order valence-electron chi connectivity index (χ4n) is 6.79. The van der Waals surface area contributed by atoms with Crippen molar-refractivity contribution in [2.24, 2.45) is 0 Å². The fraction of sp³-hybridized carbons (Fsp3) is 0.333. The number of rotatable bonds is 10. The number of ether oxygens (including phenoxy) is 3. The summed E-state index contributed by atoms with van der Waals surface area (Å²) in [4.78, 5) is 73.5. The molecule has 1 N–H and O–H groups in total. The molecule has 2 aliphatic rings. The lowest BCUT2D eigenvalue weighted by Crippen LogP contribution is -2.45. The maximum absolute atomic E-state index is 13.2. The van der Waals surface area contributed by atoms with Crippen LogP contribution >= 0.6 is 0 Å². The number of esters is 2. The number of nitro groups is 1. The summed E-state index contributed by atoms with van der Waals surface area (Å²) < 4.78 is 14.8. The first kappa shape index (κ1) is 47.8. The van der Waals surface area contributed by atoms with Crippen LogP contribution in [0.25, 0.3) is 0 Å². The number of non-ortho nitro benzene ring substituents is 1. The highest BCUT2D eigenvalue weighted by Crippen LogP contribution is 2.23. The van der Waals surface area contributed by atoms with Crippen molar-refractivity contribution in [1.82, 2.24) is 20.2 Å². The molecule has 4 heterocycles. The van der Waals surface area contributed by atoms with E-state index in [4.69, 9.17) is 14.2 Å². The van der Waals surface area contributed by atoms with Crippen LogP contribution in [0, 0.1) is 24.0 Å². The second kappa shape index (κ2) is 24.4. The van der Waals surface area contributed by atoms with Crippen molar-refractivity contribution in [2.45, 2.75) is 65.5 Å². The first-order chi connectivity index (χ1) is 30.9. The van der Waals surface area contributed by atoms with Gasteiger partial charge in [0.25, 0.3) is 5.69 Å². The van der Waals surface area contributed by atoms with Gasteiger partial charge in [-0.3, -0.25) is 19.9 Å². The van der Waals surface area contributed by atoms with E-state index in [9.17, 15) is 29.3 Å². The number of carbonyl (C=O) groups excluding carboxylic acids is 4. The summed E-state index contributed by atoms with van der Waals surface area (Å²) in [5.74, 6) is 0.352. The predicted molar refractivity (Wildman–Crippen MR) is 243 cm³/mol. The van der Waals surface area contributed by atoms with Gasteiger partial charge in [0.2, 0.25) is 0 Å². The first-order valence-corrected chi connectivity index (χ1v) is 21.2. The summed E-state index contributed by atoms with van der Waals surface area (Å²) in [6, 6.07) is 29.8. The van der Waals surface area contributed by atoms with E-state index < -0.39 is 17.0 Å². The van der Waals surface area contributed by atoms with Gasteiger partial charge in [0, 0.05) is 36.6 Å². The molecule has 336 valence electrons. The van der Waals surface area contributed by atoms with Crippen LogP contribution in [0.1, 0.15) is 81.8 Å². The van der Waals surface area contributed by atoms with Crippen molar-refractivity contribution in [3.05, 3.63) is 153 Å². The number of likely N-dealkylation sites (tertiary alicyclic amines) is 1. The second-order valence-corrected chi connectivity index (χ2v) is 15.1. The van der Waals surface area contributed by atoms with Crippen LogP contribution in [0.5, 0.6) is 5.75 Å². The molecule has 2 fully saturated rings. The van der Waals surface area contributed by atoms with Crippen LogP contribution in [0.15, 0.2) is 109 Å². The van der Waals surface area contributed by atoms with Gasteiger partial charge in [0.05, 0.1) is 43.4 Å². The topological polar surface area (TPSA) is 187 Å². The smallest absolute Gasteiger partial charge is 0.421 e. The molecule has 2 aromatic heterocycles. The molecule has 5 aromatic rings. The van der Waals surface area contributed by atoms with Crippen molar-refractivity contribution >= 4 is 41.4 Å². The van der Waals surface area contributed by atoms with E-state index in [2.05, 4.69) is 15.3 Å². The molecule has 0 bridgehead atoms. The summed E-state index contributed by atoms with van der Waals surface area (Å²) in [7, 11) is 2.66. The van der Waals surface area contributed by atoms with E-state index >= 15 is 0 Å². The Kier molecular flexibility index (Phi) is 18.3. The number of nitrogens with one attached hydrogen (secondary N) is 1. The van der Waals surface area contributed by atoms with E-state index in [1.807, 2.05) is 42.2 Å². The average Bonchev–Trinajstić information content (AvgIpc) is 3.33. The number of aromatic nitrogens is 2. The third kappa shape index (κ3) is 14.4. The Morgan fingerprint density at radius 1 is 0.641 bits per heavy atom. The lowest BCUT2D eigenvalue weighted by Gasteiger charge is -2.32. The molecule has 2 saturated heterocycles. The molecule has 0 radical (unpaired) electrons. The number of nitro benzene ring substituents is 1. The molecule has 64 heavy (non-hydrogen) atoms. The number of anilines is 2. The number of hydrogen-bond donors (Lipinski definition) is 1. The maximum Gasteiger partial charge on any atom is 0.421 e. The highest BCUT2D eigenvalue weighted by atomic mass is 16.6. The third-order valence-electron chi connectivity index (χ3n) is 10.3. The van der Waals surface area contributed by atoms with Gasteiger partial charge in [-0.15, -0.1) is 0 Å². The molecule has 0 aliphatic carbocycles. The minimum absolute atomic E-state index is 0.0233. The lowest BCUT2D eigenvalue weighted by molar-refractivity contribution is -0.384. The SMILES string of the molecule is C1CCNCC1.COC(=O)c1ccc(CN(C(=O)N2CCCCC2)c2cccc(C)n2)cc1.COC(=O)c1ccc(CN(C(=O)Oc2ccc([N+](=O)[O-])cc2)c2cccc(C)n2)cc1. The summed E-state index contributed by atoms with van der Waals surface area (Å²) in [6.45, 7) is 8.30. The van der Waals surface area contributed by atoms with Crippen LogP contribution in [-0.4, -0.2) is 84.3 Å². The van der Waals surface area contributed by atoms with Crippen molar-refractivity contribution < 1.29 is 38.3 Å². The normalized spacial score (nSPS) is 13.1. The molecular formula is C48H55N7O9. The molecule has 0 atom stereocenters. The molecule has 3 aromatic carbocycles. The number of piperidine rings is 2. The number of urea groups is 1. The molecule has 0 saturated carbocycles. The van der Waals surface area contributed by atoms with Crippen LogP contribution in [0.4, 0.5) is 26.9 Å². The van der Waals surface area contributed by atoms with Gasteiger partial charge in [0.15, 0.2) is 0 Å². The van der Waals surface area contributed by atoms with Gasteiger partial charge in [0.1, 0.15) is 17.4 Å². The summed E-state index contributed by atoms with van der Waals surface area (Å²) in [5.41, 5.74) is 4.01. The fourth-order valence-corrected chi connectivity index (χ4v) is 6.79. The Morgan fingerprint density at radius 2 is 1.11 bits per heavy atom. The highest BCUT2D eigenvalue weighted by molar-refractivity contribution is 5.92. The Labute approximate surface area is 373 Å². The second-order valence-electron chi connectivity index (χ2n) is 15.1. The van der Waals surface area contributed by atoms with Gasteiger partial charge in [-0.1, -0.05) is 42.8 Å². The van der Waals surface area contributed by atoms with Crippen LogP contribution in [-0.2, 0) is 22.6 Å². The minimum Gasteiger partial charge on any atom is -0.465 e. The molecule has 0 unspecified atom stereocenters. The molecule has 2 aliphatic heterocycles. The molecule has 16 nitrogen and oxygen atoms in total. The number of amides is 3. The van der Waals surface area contributed by atoms with E-state index in [1.54, 1.807) is 66.4 Å². The Bertz CT molecular complexity index is 2300. The van der Waals surface area contributed by atoms with Crippen LogP contribution in [0.3, 0.4) is 0 Å². The highest BCUT2D eigenvalue weighted by Gasteiger charge is 2.25. The van der Waals surface area contributed by atoms with Crippen molar-refractivity contribution in [3.8, 4) is 5.75 Å². The first-order valence-electron chi connectivity index (χ1n) is 21.2. The van der Waals surface area contributed by atoms with Gasteiger partial charge < -0.3 is 24.4 Å². The Balaban J connectivity index is 0.000000214. The molecular weight excluding hydrogens is 819 g/mol. The number of hydrogen-bond acceptors (Lipinski definition) is 12.